The molecule has 0 unspecified atom stereocenters. The van der Waals surface area contributed by atoms with Gasteiger partial charge in [-0.3, -0.25) is 0 Å². The van der Waals surface area contributed by atoms with Crippen molar-refractivity contribution < 1.29 is 67.8 Å². The van der Waals surface area contributed by atoms with Crippen molar-refractivity contribution in [2.24, 2.45) is 0 Å². The van der Waals surface area contributed by atoms with Crippen LogP contribution in [0.3, 0.4) is 0 Å². The third-order valence-electron chi connectivity index (χ3n) is 0.0772. The van der Waals surface area contributed by atoms with E-state index in [1.165, 1.54) is 0 Å². The van der Waals surface area contributed by atoms with Crippen LogP contribution in [-0.2, 0) is 0 Å². The Morgan fingerprint density at radius 2 is 1.89 bits per heavy atom. The molecule has 0 amide bonds. The van der Waals surface area contributed by atoms with Crippen LogP contribution in [0.2, 0.25) is 0 Å². The Hall–Kier alpha value is 0.946. The van der Waals surface area contributed by atoms with E-state index in [1.54, 1.807) is 0 Å². The van der Waals surface area contributed by atoms with Crippen molar-refractivity contribution in [1.29, 1.82) is 0 Å². The molecule has 48 valence electrons. The maximum Gasteiger partial charge on any atom is 1.00 e. The third-order valence-corrected chi connectivity index (χ3v) is 0.401. The zero-order valence-electron chi connectivity index (χ0n) is 5.97. The van der Waals surface area contributed by atoms with Crippen molar-refractivity contribution in [2.75, 3.05) is 5.33 Å². The number of terminal acetylenes is 1. The van der Waals surface area contributed by atoms with Crippen LogP contribution in [0.25, 0.3) is 0 Å². The van der Waals surface area contributed by atoms with Gasteiger partial charge in [-0.15, -0.1) is 6.42 Å². The fourth-order valence-corrected chi connectivity index (χ4v) is 0. The molecule has 0 aromatic heterocycles. The van der Waals surface area contributed by atoms with Crippen LogP contribution < -0.4 is 51.4 Å². The number of hydrogen-bond acceptors (Lipinski definition) is 1. The summed E-state index contributed by atoms with van der Waals surface area (Å²) in [4.78, 5) is 8.56. The van der Waals surface area contributed by atoms with Crippen LogP contribution in [0.5, 0.6) is 0 Å². The standard InChI is InChI=1S/C3H3Br.CH2O3.K.H/c1-2-3-4;2-1(3)4;;/h1H,3H2;(H2,2,3,4);;/q;;+1;-1. The molecule has 3 nitrogen and oxygen atoms in total. The third kappa shape index (κ3) is 114. The second kappa shape index (κ2) is 16.0. The Labute approximate surface area is 106 Å². The minimum Gasteiger partial charge on any atom is -1.00 e. The topological polar surface area (TPSA) is 57.5 Å². The van der Waals surface area contributed by atoms with E-state index in [9.17, 15) is 0 Å². The average Bonchev–Trinajstić information content (AvgIpc) is 1.65. The first-order valence-electron chi connectivity index (χ1n) is 1.56. The Morgan fingerprint density at radius 1 is 1.78 bits per heavy atom. The Bertz CT molecular complexity index is 99.2. The van der Waals surface area contributed by atoms with E-state index in [0.29, 0.717) is 5.33 Å². The predicted molar refractivity (Wildman–Crippen MR) is 34.4 cm³/mol. The molecule has 0 aromatic carbocycles. The summed E-state index contributed by atoms with van der Waals surface area (Å²) in [5.41, 5.74) is 0. The predicted octanol–water partition coefficient (Wildman–Crippen LogP) is -1.65. The minimum atomic E-state index is -1.83. The molecule has 0 fully saturated rings. The van der Waals surface area contributed by atoms with E-state index in [2.05, 4.69) is 21.9 Å². The summed E-state index contributed by atoms with van der Waals surface area (Å²) >= 11 is 3.01. The van der Waals surface area contributed by atoms with Crippen LogP contribution in [0.15, 0.2) is 0 Å². The number of carboxylic acid groups (broad SMARTS) is 2. The number of halogens is 1. The van der Waals surface area contributed by atoms with Gasteiger partial charge in [0.1, 0.15) is 0 Å². The largest absolute Gasteiger partial charge is 1.00 e. The monoisotopic (exact) mass is 220 g/mol. The van der Waals surface area contributed by atoms with Gasteiger partial charge in [-0.2, -0.15) is 0 Å². The smallest absolute Gasteiger partial charge is 1.00 e. The van der Waals surface area contributed by atoms with Gasteiger partial charge in [-0.1, -0.05) is 21.9 Å². The second-order valence-electron chi connectivity index (χ2n) is 0.620. The summed E-state index contributed by atoms with van der Waals surface area (Å²) < 4.78 is 0. The molecule has 0 aliphatic carbocycles. The van der Waals surface area contributed by atoms with Gasteiger partial charge in [0, 0.05) is 0 Å². The minimum absolute atomic E-state index is 0. The molecule has 0 aliphatic rings. The van der Waals surface area contributed by atoms with Gasteiger partial charge in [-0.05, 0) is 0 Å². The molecule has 0 heterocycles. The molecule has 0 saturated carbocycles. The summed E-state index contributed by atoms with van der Waals surface area (Å²) in [5, 5.41) is 14.6. The first kappa shape index (κ1) is 16.5. The normalized spacial score (nSPS) is 4.89. The molecule has 5 heteroatoms. The van der Waals surface area contributed by atoms with Crippen LogP contribution in [0.1, 0.15) is 1.43 Å². The molecular formula is C4H6BrKO3. The fourth-order valence-electron chi connectivity index (χ4n) is 0. The number of carbonyl (C=O) groups is 1. The van der Waals surface area contributed by atoms with E-state index in [0.717, 1.165) is 0 Å². The van der Waals surface area contributed by atoms with Crippen molar-refractivity contribution in [3.8, 4) is 12.3 Å². The van der Waals surface area contributed by atoms with E-state index < -0.39 is 6.16 Å². The van der Waals surface area contributed by atoms with Crippen molar-refractivity contribution in [1.82, 2.24) is 0 Å². The van der Waals surface area contributed by atoms with Crippen molar-refractivity contribution in [3.63, 3.8) is 0 Å². The van der Waals surface area contributed by atoms with Gasteiger partial charge in [-0.25, -0.2) is 4.79 Å². The first-order chi connectivity index (χ1) is 3.65. The Balaban J connectivity index is -0.0000000300. The van der Waals surface area contributed by atoms with Gasteiger partial charge in [0.25, 0.3) is 0 Å². The van der Waals surface area contributed by atoms with Crippen LogP contribution in [0, 0.1) is 12.3 Å². The van der Waals surface area contributed by atoms with Gasteiger partial charge in [0.2, 0.25) is 0 Å². The van der Waals surface area contributed by atoms with Crippen molar-refractivity contribution in [3.05, 3.63) is 0 Å². The molecule has 9 heavy (non-hydrogen) atoms. The summed E-state index contributed by atoms with van der Waals surface area (Å²) in [7, 11) is 0. The SMILES string of the molecule is C#CCBr.O=C(O)O.[H-].[K+]. The zero-order chi connectivity index (χ0) is 6.99. The van der Waals surface area contributed by atoms with Crippen LogP contribution >= 0.6 is 15.9 Å². The van der Waals surface area contributed by atoms with Gasteiger partial charge >= 0.3 is 57.5 Å². The molecule has 2 N–H and O–H groups in total. The van der Waals surface area contributed by atoms with Crippen LogP contribution in [0.4, 0.5) is 4.79 Å². The molecular weight excluding hydrogens is 215 g/mol. The molecule has 0 bridgehead atoms. The summed E-state index contributed by atoms with van der Waals surface area (Å²) in [6.07, 6.45) is 2.90. The summed E-state index contributed by atoms with van der Waals surface area (Å²) in [6, 6.07) is 0. The molecule has 0 saturated heterocycles. The summed E-state index contributed by atoms with van der Waals surface area (Å²) in [6.45, 7) is 0. The van der Waals surface area contributed by atoms with Gasteiger partial charge in [0.15, 0.2) is 0 Å². The van der Waals surface area contributed by atoms with Gasteiger partial charge in [0.05, 0.1) is 5.33 Å². The molecule has 0 radical (unpaired) electrons. The van der Waals surface area contributed by atoms with E-state index in [4.69, 9.17) is 21.4 Å². The van der Waals surface area contributed by atoms with E-state index in [-0.39, 0.29) is 52.8 Å². The van der Waals surface area contributed by atoms with Gasteiger partial charge < -0.3 is 11.6 Å². The van der Waals surface area contributed by atoms with Crippen molar-refractivity contribution >= 4 is 22.1 Å². The number of rotatable bonds is 0. The Kier molecular flexibility index (Phi) is 29.3. The van der Waals surface area contributed by atoms with E-state index >= 15 is 0 Å². The quantitative estimate of drug-likeness (QED) is 0.293. The Morgan fingerprint density at radius 3 is 1.89 bits per heavy atom. The maximum absolute atomic E-state index is 8.56. The molecule has 0 rings (SSSR count). The van der Waals surface area contributed by atoms with Crippen molar-refractivity contribution in [2.45, 2.75) is 0 Å². The molecule has 0 aromatic rings. The van der Waals surface area contributed by atoms with Crippen LogP contribution in [-0.4, -0.2) is 21.7 Å². The fraction of sp³-hybridized carbons (Fsp3) is 0.250. The molecule has 0 atom stereocenters. The number of alkyl halides is 1. The first-order valence-corrected chi connectivity index (χ1v) is 2.68. The zero-order valence-corrected chi connectivity index (χ0v) is 9.67. The summed E-state index contributed by atoms with van der Waals surface area (Å²) in [5.74, 6) is 2.35. The molecule has 0 aliphatic heterocycles. The van der Waals surface area contributed by atoms with E-state index in [1.807, 2.05) is 0 Å². The second-order valence-corrected chi connectivity index (χ2v) is 1.18. The molecule has 0 spiro atoms. The number of hydrogen-bond donors (Lipinski definition) is 2. The maximum atomic E-state index is 8.56. The average molecular weight is 221 g/mol.